The number of nitrogens with zero attached hydrogens (tertiary/aromatic N) is 2. The van der Waals surface area contributed by atoms with Crippen LogP contribution in [0.25, 0.3) is 10.9 Å². The zero-order valence-electron chi connectivity index (χ0n) is 13.8. The van der Waals surface area contributed by atoms with Gasteiger partial charge in [0.1, 0.15) is 0 Å². The van der Waals surface area contributed by atoms with Crippen molar-refractivity contribution in [1.29, 1.82) is 0 Å². The Labute approximate surface area is 127 Å². The van der Waals surface area contributed by atoms with Crippen LogP contribution in [0.3, 0.4) is 0 Å². The molecule has 0 radical (unpaired) electrons. The van der Waals surface area contributed by atoms with Crippen molar-refractivity contribution in [3.63, 3.8) is 0 Å². The molecule has 1 aromatic heterocycles. The molecule has 0 saturated heterocycles. The highest BCUT2D eigenvalue weighted by Crippen LogP contribution is 2.19. The Hall–Kier alpha value is -1.39. The molecule has 1 atom stereocenters. The lowest BCUT2D eigenvalue weighted by Crippen LogP contribution is -2.38. The third-order valence-electron chi connectivity index (χ3n) is 3.48. The van der Waals surface area contributed by atoms with Gasteiger partial charge < -0.3 is 10.1 Å². The van der Waals surface area contributed by atoms with Crippen molar-refractivity contribution in [3.8, 4) is 0 Å². The normalized spacial score (nSPS) is 13.8. The first-order chi connectivity index (χ1) is 9.90. The molecular formula is C17H27N3O. The second-order valence-electron chi connectivity index (χ2n) is 6.47. The number of aryl methyl sites for hydroxylation is 1. The predicted octanol–water partition coefficient (Wildman–Crippen LogP) is 2.91. The van der Waals surface area contributed by atoms with E-state index in [0.717, 1.165) is 18.7 Å². The van der Waals surface area contributed by atoms with Crippen LogP contribution < -0.4 is 5.32 Å². The molecule has 4 heteroatoms. The summed E-state index contributed by atoms with van der Waals surface area (Å²) in [6, 6.07) is 8.66. The summed E-state index contributed by atoms with van der Waals surface area (Å²) in [4.78, 5) is 0. The van der Waals surface area contributed by atoms with Gasteiger partial charge in [-0.1, -0.05) is 25.1 Å². The van der Waals surface area contributed by atoms with Gasteiger partial charge in [-0.05, 0) is 33.4 Å². The molecule has 2 rings (SSSR count). The van der Waals surface area contributed by atoms with Gasteiger partial charge in [0.2, 0.25) is 0 Å². The summed E-state index contributed by atoms with van der Waals surface area (Å²) in [6.07, 6.45) is 0.880. The topological polar surface area (TPSA) is 39.1 Å². The fraction of sp³-hybridized carbons (Fsp3) is 0.588. The van der Waals surface area contributed by atoms with Crippen LogP contribution in [0.1, 0.15) is 33.4 Å². The maximum absolute atomic E-state index is 5.94. The molecule has 0 amide bonds. The second kappa shape index (κ2) is 6.58. The van der Waals surface area contributed by atoms with E-state index in [2.05, 4.69) is 62.4 Å². The van der Waals surface area contributed by atoms with Gasteiger partial charge in [-0.25, -0.2) is 0 Å². The standard InChI is InChI=1S/C17H27N3O/c1-6-18-13(12-21-17(2,3)4)11-15-14-9-7-8-10-16(14)20(5)19-15/h7-10,13,18H,6,11-12H2,1-5H3. The van der Waals surface area contributed by atoms with Crippen LogP contribution in [-0.4, -0.2) is 34.6 Å². The van der Waals surface area contributed by atoms with Crippen molar-refractivity contribution < 1.29 is 4.74 Å². The van der Waals surface area contributed by atoms with Crippen molar-refractivity contribution in [2.75, 3.05) is 13.2 Å². The quantitative estimate of drug-likeness (QED) is 0.888. The molecule has 0 spiro atoms. The van der Waals surface area contributed by atoms with E-state index in [-0.39, 0.29) is 11.6 Å². The van der Waals surface area contributed by atoms with E-state index in [1.807, 2.05) is 11.7 Å². The molecule has 1 heterocycles. The van der Waals surface area contributed by atoms with Crippen LogP contribution in [0.15, 0.2) is 24.3 Å². The number of hydrogen-bond acceptors (Lipinski definition) is 3. The minimum absolute atomic E-state index is 0.111. The molecule has 2 aromatic rings. The van der Waals surface area contributed by atoms with Crippen LogP contribution >= 0.6 is 0 Å². The third-order valence-corrected chi connectivity index (χ3v) is 3.48. The zero-order chi connectivity index (χ0) is 15.5. The van der Waals surface area contributed by atoms with E-state index in [1.165, 1.54) is 10.9 Å². The minimum Gasteiger partial charge on any atom is -0.374 e. The van der Waals surface area contributed by atoms with E-state index in [0.29, 0.717) is 6.61 Å². The largest absolute Gasteiger partial charge is 0.374 e. The minimum atomic E-state index is -0.111. The van der Waals surface area contributed by atoms with Gasteiger partial charge in [-0.2, -0.15) is 5.10 Å². The Morgan fingerprint density at radius 1 is 1.29 bits per heavy atom. The third kappa shape index (κ3) is 4.29. The first kappa shape index (κ1) is 16.0. The Bertz CT molecular complexity index is 583. The summed E-state index contributed by atoms with van der Waals surface area (Å²) in [5.74, 6) is 0. The van der Waals surface area contributed by atoms with Crippen LogP contribution in [0.4, 0.5) is 0 Å². The second-order valence-corrected chi connectivity index (χ2v) is 6.47. The molecule has 1 N–H and O–H groups in total. The highest BCUT2D eigenvalue weighted by Gasteiger charge is 2.18. The van der Waals surface area contributed by atoms with Gasteiger partial charge in [0, 0.05) is 24.9 Å². The van der Waals surface area contributed by atoms with Crippen molar-refractivity contribution in [3.05, 3.63) is 30.0 Å². The van der Waals surface area contributed by atoms with Crippen LogP contribution in [0.2, 0.25) is 0 Å². The number of benzene rings is 1. The molecule has 21 heavy (non-hydrogen) atoms. The molecule has 0 aliphatic rings. The fourth-order valence-corrected chi connectivity index (χ4v) is 2.50. The maximum atomic E-state index is 5.94. The smallest absolute Gasteiger partial charge is 0.0719 e. The number of likely N-dealkylation sites (N-methyl/N-ethyl adjacent to an activating group) is 1. The number of ether oxygens (including phenoxy) is 1. The van der Waals surface area contributed by atoms with Crippen LogP contribution in [-0.2, 0) is 18.2 Å². The Morgan fingerprint density at radius 2 is 2.00 bits per heavy atom. The van der Waals surface area contributed by atoms with E-state index < -0.39 is 0 Å². The summed E-state index contributed by atoms with van der Waals surface area (Å²) in [5.41, 5.74) is 2.20. The van der Waals surface area contributed by atoms with Crippen molar-refractivity contribution in [2.45, 2.75) is 45.8 Å². The van der Waals surface area contributed by atoms with E-state index in [9.17, 15) is 0 Å². The van der Waals surface area contributed by atoms with E-state index >= 15 is 0 Å². The predicted molar refractivity (Wildman–Crippen MR) is 87.6 cm³/mol. The first-order valence-electron chi connectivity index (χ1n) is 7.68. The lowest BCUT2D eigenvalue weighted by Gasteiger charge is -2.24. The molecule has 0 aliphatic carbocycles. The van der Waals surface area contributed by atoms with Gasteiger partial charge >= 0.3 is 0 Å². The van der Waals surface area contributed by atoms with Crippen molar-refractivity contribution in [1.82, 2.24) is 15.1 Å². The fourth-order valence-electron chi connectivity index (χ4n) is 2.50. The van der Waals surface area contributed by atoms with Gasteiger partial charge in [0.25, 0.3) is 0 Å². The van der Waals surface area contributed by atoms with Crippen molar-refractivity contribution in [2.24, 2.45) is 7.05 Å². The Balaban J connectivity index is 2.15. The molecule has 1 unspecified atom stereocenters. The lowest BCUT2D eigenvalue weighted by molar-refractivity contribution is -0.0142. The number of rotatable bonds is 6. The first-order valence-corrected chi connectivity index (χ1v) is 7.68. The number of fused-ring (bicyclic) bond motifs is 1. The van der Waals surface area contributed by atoms with E-state index in [1.54, 1.807) is 0 Å². The Kier molecular flexibility index (Phi) is 5.01. The highest BCUT2D eigenvalue weighted by atomic mass is 16.5. The molecule has 116 valence electrons. The maximum Gasteiger partial charge on any atom is 0.0719 e. The molecular weight excluding hydrogens is 262 g/mol. The number of nitrogens with one attached hydrogen (secondary N) is 1. The van der Waals surface area contributed by atoms with Crippen LogP contribution in [0, 0.1) is 0 Å². The number of aromatic nitrogens is 2. The summed E-state index contributed by atoms with van der Waals surface area (Å²) in [6.45, 7) is 10.0. The van der Waals surface area contributed by atoms with Gasteiger partial charge in [0.15, 0.2) is 0 Å². The van der Waals surface area contributed by atoms with Gasteiger partial charge in [-0.15, -0.1) is 0 Å². The molecule has 4 nitrogen and oxygen atoms in total. The zero-order valence-corrected chi connectivity index (χ0v) is 13.8. The van der Waals surface area contributed by atoms with Crippen LogP contribution in [0.5, 0.6) is 0 Å². The molecule has 0 bridgehead atoms. The monoisotopic (exact) mass is 289 g/mol. The molecule has 0 aliphatic heterocycles. The molecule has 0 fully saturated rings. The van der Waals surface area contributed by atoms with Crippen molar-refractivity contribution >= 4 is 10.9 Å². The Morgan fingerprint density at radius 3 is 2.67 bits per heavy atom. The van der Waals surface area contributed by atoms with Gasteiger partial charge in [-0.3, -0.25) is 4.68 Å². The molecule has 1 aromatic carbocycles. The summed E-state index contributed by atoms with van der Waals surface area (Å²) in [7, 11) is 2.00. The number of para-hydroxylation sites is 1. The van der Waals surface area contributed by atoms with E-state index in [4.69, 9.17) is 4.74 Å². The highest BCUT2D eigenvalue weighted by molar-refractivity contribution is 5.81. The lowest BCUT2D eigenvalue weighted by atomic mass is 10.1. The number of hydrogen-bond donors (Lipinski definition) is 1. The average molecular weight is 289 g/mol. The summed E-state index contributed by atoms with van der Waals surface area (Å²) < 4.78 is 7.89. The summed E-state index contributed by atoms with van der Waals surface area (Å²) in [5, 5.41) is 9.42. The summed E-state index contributed by atoms with van der Waals surface area (Å²) >= 11 is 0. The molecule has 0 saturated carbocycles. The average Bonchev–Trinajstić information content (AvgIpc) is 2.73. The SMILES string of the molecule is CCNC(COC(C)(C)C)Cc1nn(C)c2ccccc12. The van der Waals surface area contributed by atoms with Gasteiger partial charge in [0.05, 0.1) is 23.4 Å².